The fourth-order valence-electron chi connectivity index (χ4n) is 2.56. The lowest BCUT2D eigenvalue weighted by molar-refractivity contribution is -0.0372. The van der Waals surface area contributed by atoms with E-state index in [-0.39, 0.29) is 24.1 Å². The Morgan fingerprint density at radius 1 is 1.50 bits per heavy atom. The standard InChI is InChI=1S/C15H15N5O4/c1-8-12(21)7-20(8)15(22)13-6-16-14(23-13)3-10-2-11(19-24-10)9-4-17-18-5-9/h2,4-6,8,12,21H,3,7H2,1H3,(H,17,18)/t8-,12-/m0/s1. The Bertz CT molecular complexity index is 853. The van der Waals surface area contributed by atoms with Gasteiger partial charge in [-0.1, -0.05) is 5.16 Å². The molecule has 1 aliphatic rings. The summed E-state index contributed by atoms with van der Waals surface area (Å²) in [5, 5.41) is 20.0. The van der Waals surface area contributed by atoms with Crippen molar-refractivity contribution in [1.82, 2.24) is 25.2 Å². The molecule has 4 heterocycles. The van der Waals surface area contributed by atoms with Crippen molar-refractivity contribution in [3.8, 4) is 11.3 Å². The Morgan fingerprint density at radius 3 is 3.08 bits per heavy atom. The third-order valence-electron chi connectivity index (χ3n) is 4.14. The number of β-amino-alcohol motifs (C(OH)–C–C–N with tert-alkyl or cyclic N) is 1. The summed E-state index contributed by atoms with van der Waals surface area (Å²) >= 11 is 0. The topological polar surface area (TPSA) is 121 Å². The molecule has 4 rings (SSSR count). The van der Waals surface area contributed by atoms with Crippen LogP contribution >= 0.6 is 0 Å². The molecule has 9 nitrogen and oxygen atoms in total. The number of carbonyl (C=O) groups is 1. The second-order valence-corrected chi connectivity index (χ2v) is 5.73. The lowest BCUT2D eigenvalue weighted by Gasteiger charge is -2.42. The Morgan fingerprint density at radius 2 is 2.38 bits per heavy atom. The maximum Gasteiger partial charge on any atom is 0.291 e. The van der Waals surface area contributed by atoms with E-state index in [1.165, 1.54) is 6.20 Å². The van der Waals surface area contributed by atoms with Gasteiger partial charge in [-0.05, 0) is 6.92 Å². The maximum atomic E-state index is 12.2. The summed E-state index contributed by atoms with van der Waals surface area (Å²) in [6.45, 7) is 2.10. The number of carbonyl (C=O) groups excluding carboxylic acids is 1. The molecule has 0 aliphatic carbocycles. The summed E-state index contributed by atoms with van der Waals surface area (Å²) in [4.78, 5) is 17.9. The van der Waals surface area contributed by atoms with Crippen LogP contribution in [0.4, 0.5) is 0 Å². The Hall–Kier alpha value is -2.94. The van der Waals surface area contributed by atoms with Gasteiger partial charge in [0.05, 0.1) is 31.0 Å². The van der Waals surface area contributed by atoms with Crippen molar-refractivity contribution in [3.63, 3.8) is 0 Å². The van der Waals surface area contributed by atoms with Crippen molar-refractivity contribution >= 4 is 5.91 Å². The first-order valence-electron chi connectivity index (χ1n) is 7.50. The van der Waals surface area contributed by atoms with Gasteiger partial charge in [0, 0.05) is 24.4 Å². The first-order valence-corrected chi connectivity index (χ1v) is 7.50. The molecule has 0 bridgehead atoms. The van der Waals surface area contributed by atoms with Crippen molar-refractivity contribution in [2.75, 3.05) is 6.54 Å². The van der Waals surface area contributed by atoms with E-state index < -0.39 is 6.10 Å². The van der Waals surface area contributed by atoms with Gasteiger partial charge in [0.2, 0.25) is 11.7 Å². The zero-order valence-corrected chi connectivity index (χ0v) is 12.8. The van der Waals surface area contributed by atoms with E-state index in [9.17, 15) is 9.90 Å². The van der Waals surface area contributed by atoms with Crippen LogP contribution in [0, 0.1) is 0 Å². The van der Waals surface area contributed by atoms with Crippen LogP contribution < -0.4 is 0 Å². The van der Waals surface area contributed by atoms with Crippen LogP contribution in [0.1, 0.15) is 29.1 Å². The Balaban J connectivity index is 1.45. The Labute approximate surface area is 136 Å². The quantitative estimate of drug-likeness (QED) is 0.727. The predicted molar refractivity (Wildman–Crippen MR) is 79.9 cm³/mol. The van der Waals surface area contributed by atoms with Crippen LogP contribution in [0.5, 0.6) is 0 Å². The molecule has 0 spiro atoms. The highest BCUT2D eigenvalue weighted by atomic mass is 16.5. The van der Waals surface area contributed by atoms with Crippen molar-refractivity contribution in [3.05, 3.63) is 42.1 Å². The number of nitrogens with one attached hydrogen (secondary N) is 1. The van der Waals surface area contributed by atoms with Crippen molar-refractivity contribution in [2.45, 2.75) is 25.5 Å². The number of rotatable bonds is 4. The third kappa shape index (κ3) is 2.48. The molecule has 1 amide bonds. The Kier molecular flexibility index (Phi) is 3.42. The summed E-state index contributed by atoms with van der Waals surface area (Å²) in [5.41, 5.74) is 1.48. The number of aromatic amines is 1. The molecule has 3 aromatic heterocycles. The number of oxazole rings is 1. The van der Waals surface area contributed by atoms with Gasteiger partial charge < -0.3 is 18.9 Å². The van der Waals surface area contributed by atoms with Crippen molar-refractivity contribution in [1.29, 1.82) is 0 Å². The van der Waals surface area contributed by atoms with Crippen LogP contribution in [0.2, 0.25) is 0 Å². The summed E-state index contributed by atoms with van der Waals surface area (Å²) in [7, 11) is 0. The van der Waals surface area contributed by atoms with Crippen LogP contribution in [0.25, 0.3) is 11.3 Å². The first-order chi connectivity index (χ1) is 11.6. The van der Waals surface area contributed by atoms with Crippen LogP contribution in [0.15, 0.2) is 33.6 Å². The highest BCUT2D eigenvalue weighted by Gasteiger charge is 2.38. The molecule has 0 saturated carbocycles. The highest BCUT2D eigenvalue weighted by Crippen LogP contribution is 2.22. The average molecular weight is 329 g/mol. The van der Waals surface area contributed by atoms with Crippen molar-refractivity contribution < 1.29 is 18.8 Å². The fourth-order valence-corrected chi connectivity index (χ4v) is 2.56. The van der Waals surface area contributed by atoms with Gasteiger partial charge in [0.15, 0.2) is 0 Å². The molecule has 3 aromatic rings. The first kappa shape index (κ1) is 14.6. The van der Waals surface area contributed by atoms with Gasteiger partial charge in [-0.3, -0.25) is 9.89 Å². The minimum Gasteiger partial charge on any atom is -0.435 e. The molecule has 9 heteroatoms. The van der Waals surface area contributed by atoms with Gasteiger partial charge in [-0.2, -0.15) is 5.10 Å². The number of aliphatic hydroxyl groups is 1. The number of aliphatic hydroxyl groups excluding tert-OH is 1. The van der Waals surface area contributed by atoms with E-state index in [4.69, 9.17) is 8.94 Å². The maximum absolute atomic E-state index is 12.2. The van der Waals surface area contributed by atoms with E-state index in [0.717, 1.165) is 5.56 Å². The molecule has 1 fully saturated rings. The molecular weight excluding hydrogens is 314 g/mol. The summed E-state index contributed by atoms with van der Waals surface area (Å²) in [6.07, 6.45) is 4.56. The van der Waals surface area contributed by atoms with Crippen molar-refractivity contribution in [2.24, 2.45) is 0 Å². The number of aromatic nitrogens is 4. The van der Waals surface area contributed by atoms with Gasteiger partial charge in [0.25, 0.3) is 5.91 Å². The van der Waals surface area contributed by atoms with Gasteiger partial charge in [-0.25, -0.2) is 4.98 Å². The fraction of sp³-hybridized carbons (Fsp3) is 0.333. The number of amides is 1. The second kappa shape index (κ2) is 5.60. The number of nitrogens with zero attached hydrogens (tertiary/aromatic N) is 4. The highest BCUT2D eigenvalue weighted by molar-refractivity contribution is 5.92. The molecule has 0 aromatic carbocycles. The summed E-state index contributed by atoms with van der Waals surface area (Å²) in [5.74, 6) is 0.809. The SMILES string of the molecule is C[C@H]1[C@@H](O)CN1C(=O)c1cnc(Cc2cc(-c3cn[nH]c3)no2)o1. The van der Waals surface area contributed by atoms with Gasteiger partial charge in [-0.15, -0.1) is 0 Å². The molecule has 0 unspecified atom stereocenters. The third-order valence-corrected chi connectivity index (χ3v) is 4.14. The number of hydrogen-bond acceptors (Lipinski definition) is 7. The monoisotopic (exact) mass is 329 g/mol. The van der Waals surface area contributed by atoms with Crippen LogP contribution in [-0.4, -0.2) is 54.9 Å². The van der Waals surface area contributed by atoms with Crippen LogP contribution in [0.3, 0.4) is 0 Å². The van der Waals surface area contributed by atoms with E-state index in [0.29, 0.717) is 23.9 Å². The largest absolute Gasteiger partial charge is 0.435 e. The molecule has 2 atom stereocenters. The number of likely N-dealkylation sites (tertiary alicyclic amines) is 1. The normalized spacial score (nSPS) is 20.2. The lowest BCUT2D eigenvalue weighted by Crippen LogP contribution is -2.60. The second-order valence-electron chi connectivity index (χ2n) is 5.73. The lowest BCUT2D eigenvalue weighted by atomic mass is 10.0. The van der Waals surface area contributed by atoms with E-state index in [1.807, 2.05) is 0 Å². The predicted octanol–water partition coefficient (Wildman–Crippen LogP) is 0.849. The minimum absolute atomic E-state index is 0.151. The van der Waals surface area contributed by atoms with E-state index in [1.54, 1.807) is 30.3 Å². The van der Waals surface area contributed by atoms with Gasteiger partial charge in [0.1, 0.15) is 11.5 Å². The summed E-state index contributed by atoms with van der Waals surface area (Å²) in [6, 6.07) is 1.56. The molecular formula is C15H15N5O4. The van der Waals surface area contributed by atoms with E-state index >= 15 is 0 Å². The minimum atomic E-state index is -0.480. The number of H-pyrrole nitrogens is 1. The molecule has 2 N–H and O–H groups in total. The van der Waals surface area contributed by atoms with Gasteiger partial charge >= 0.3 is 0 Å². The molecule has 0 radical (unpaired) electrons. The zero-order valence-electron chi connectivity index (χ0n) is 12.8. The van der Waals surface area contributed by atoms with E-state index in [2.05, 4.69) is 20.3 Å². The van der Waals surface area contributed by atoms with Crippen LogP contribution in [-0.2, 0) is 6.42 Å². The smallest absolute Gasteiger partial charge is 0.291 e. The average Bonchev–Trinajstić information content (AvgIpc) is 3.32. The molecule has 1 saturated heterocycles. The molecule has 24 heavy (non-hydrogen) atoms. The number of hydrogen-bond donors (Lipinski definition) is 2. The summed E-state index contributed by atoms with van der Waals surface area (Å²) < 4.78 is 10.8. The zero-order chi connectivity index (χ0) is 16.7. The molecule has 1 aliphatic heterocycles. The molecule has 124 valence electrons.